The van der Waals surface area contributed by atoms with Gasteiger partial charge in [0.25, 0.3) is 5.91 Å². The third kappa shape index (κ3) is 4.62. The Bertz CT molecular complexity index is 946. The number of aromatic nitrogens is 2. The van der Waals surface area contributed by atoms with Crippen LogP contribution in [0.25, 0.3) is 0 Å². The number of anilines is 4. The van der Waals surface area contributed by atoms with Crippen molar-refractivity contribution in [2.24, 2.45) is 0 Å². The summed E-state index contributed by atoms with van der Waals surface area (Å²) in [7, 11) is 3.87. The van der Waals surface area contributed by atoms with Gasteiger partial charge in [-0.3, -0.25) is 4.79 Å². The summed E-state index contributed by atoms with van der Waals surface area (Å²) in [6.07, 6.45) is 1.68. The van der Waals surface area contributed by atoms with Crippen LogP contribution in [0.2, 0.25) is 0 Å². The van der Waals surface area contributed by atoms with E-state index in [1.807, 2.05) is 68.4 Å². The molecule has 2 aromatic carbocycles. The SMILES string of the molecule is Cc1ccc(C(=O)Nc2ccc(NCCn3nccc3N)cc2)c(N(C)C)c1. The molecule has 1 amide bonds. The molecule has 1 heterocycles. The Morgan fingerprint density at radius 3 is 2.46 bits per heavy atom. The molecule has 28 heavy (non-hydrogen) atoms. The molecule has 0 unspecified atom stereocenters. The normalized spacial score (nSPS) is 10.5. The summed E-state index contributed by atoms with van der Waals surface area (Å²) in [5.41, 5.74) is 10.2. The number of hydrogen-bond donors (Lipinski definition) is 3. The summed E-state index contributed by atoms with van der Waals surface area (Å²) < 4.78 is 1.74. The van der Waals surface area contributed by atoms with Crippen LogP contribution >= 0.6 is 0 Å². The average Bonchev–Trinajstić information content (AvgIpc) is 3.08. The van der Waals surface area contributed by atoms with E-state index in [0.717, 1.165) is 22.6 Å². The fourth-order valence-corrected chi connectivity index (χ4v) is 2.91. The van der Waals surface area contributed by atoms with E-state index in [-0.39, 0.29) is 5.91 Å². The minimum atomic E-state index is -0.126. The minimum absolute atomic E-state index is 0.126. The van der Waals surface area contributed by atoms with Gasteiger partial charge in [-0.05, 0) is 55.0 Å². The van der Waals surface area contributed by atoms with E-state index in [9.17, 15) is 4.79 Å². The van der Waals surface area contributed by atoms with E-state index in [1.165, 1.54) is 0 Å². The lowest BCUT2D eigenvalue weighted by Crippen LogP contribution is -2.18. The number of amides is 1. The van der Waals surface area contributed by atoms with Gasteiger partial charge in [-0.15, -0.1) is 0 Å². The molecule has 146 valence electrons. The van der Waals surface area contributed by atoms with Crippen LogP contribution in [0, 0.1) is 6.92 Å². The van der Waals surface area contributed by atoms with E-state index in [2.05, 4.69) is 15.7 Å². The summed E-state index contributed by atoms with van der Waals surface area (Å²) >= 11 is 0. The summed E-state index contributed by atoms with van der Waals surface area (Å²) in [4.78, 5) is 14.6. The van der Waals surface area contributed by atoms with Crippen LogP contribution in [0.1, 0.15) is 15.9 Å². The molecule has 0 spiro atoms. The molecule has 0 saturated carbocycles. The van der Waals surface area contributed by atoms with Gasteiger partial charge in [0.1, 0.15) is 5.82 Å². The zero-order valence-electron chi connectivity index (χ0n) is 16.4. The van der Waals surface area contributed by atoms with Crippen molar-refractivity contribution in [3.05, 3.63) is 65.9 Å². The second-order valence-corrected chi connectivity index (χ2v) is 6.85. The van der Waals surface area contributed by atoms with Gasteiger partial charge in [0.05, 0.1) is 18.3 Å². The van der Waals surface area contributed by atoms with Crippen molar-refractivity contribution in [1.82, 2.24) is 9.78 Å². The predicted octanol–water partition coefficient (Wildman–Crippen LogP) is 3.20. The average molecular weight is 378 g/mol. The fourth-order valence-electron chi connectivity index (χ4n) is 2.91. The van der Waals surface area contributed by atoms with Crippen LogP contribution in [0.15, 0.2) is 54.7 Å². The minimum Gasteiger partial charge on any atom is -0.384 e. The maximum atomic E-state index is 12.7. The molecule has 0 aliphatic rings. The molecule has 4 N–H and O–H groups in total. The number of carbonyl (C=O) groups excluding carboxylic acids is 1. The van der Waals surface area contributed by atoms with Gasteiger partial charge >= 0.3 is 0 Å². The Labute approximate surface area is 165 Å². The molecule has 7 nitrogen and oxygen atoms in total. The van der Waals surface area contributed by atoms with Crippen molar-refractivity contribution in [3.63, 3.8) is 0 Å². The highest BCUT2D eigenvalue weighted by Gasteiger charge is 2.13. The first-order chi connectivity index (χ1) is 13.4. The summed E-state index contributed by atoms with van der Waals surface area (Å²) in [6.45, 7) is 3.40. The molecule has 7 heteroatoms. The standard InChI is InChI=1S/C21H26N6O/c1-15-4-9-18(19(14-15)26(2)3)21(28)25-17-7-5-16(6-8-17)23-12-13-27-20(22)10-11-24-27/h4-11,14,23H,12-13,22H2,1-3H3,(H,25,28). The molecule has 3 aromatic rings. The van der Waals surface area contributed by atoms with Crippen molar-refractivity contribution in [2.75, 3.05) is 41.9 Å². The Morgan fingerprint density at radius 1 is 1.11 bits per heavy atom. The number of aryl methyl sites for hydroxylation is 1. The number of nitrogens with zero attached hydrogens (tertiary/aromatic N) is 3. The lowest BCUT2D eigenvalue weighted by molar-refractivity contribution is 0.102. The number of carbonyl (C=O) groups is 1. The Kier molecular flexibility index (Phi) is 5.84. The third-order valence-corrected chi connectivity index (χ3v) is 4.42. The molecule has 0 atom stereocenters. The second-order valence-electron chi connectivity index (χ2n) is 6.85. The number of rotatable bonds is 7. The van der Waals surface area contributed by atoms with Gasteiger partial charge in [0.15, 0.2) is 0 Å². The third-order valence-electron chi connectivity index (χ3n) is 4.42. The van der Waals surface area contributed by atoms with Gasteiger partial charge < -0.3 is 21.3 Å². The summed E-state index contributed by atoms with van der Waals surface area (Å²) in [5, 5.41) is 10.4. The van der Waals surface area contributed by atoms with E-state index in [0.29, 0.717) is 24.5 Å². The molecule has 0 saturated heterocycles. The lowest BCUT2D eigenvalue weighted by atomic mass is 10.1. The number of hydrogen-bond acceptors (Lipinski definition) is 5. The van der Waals surface area contributed by atoms with Crippen molar-refractivity contribution in [3.8, 4) is 0 Å². The molecule has 0 radical (unpaired) electrons. The smallest absolute Gasteiger partial charge is 0.257 e. The molecule has 3 rings (SSSR count). The van der Waals surface area contributed by atoms with Gasteiger partial charge in [-0.25, -0.2) is 4.68 Å². The maximum absolute atomic E-state index is 12.7. The maximum Gasteiger partial charge on any atom is 0.257 e. The first-order valence-corrected chi connectivity index (χ1v) is 9.14. The second kappa shape index (κ2) is 8.47. The number of nitrogens with two attached hydrogens (primary N) is 1. The van der Waals surface area contributed by atoms with E-state index >= 15 is 0 Å². The monoisotopic (exact) mass is 378 g/mol. The number of benzene rings is 2. The molecule has 0 fully saturated rings. The van der Waals surface area contributed by atoms with Gasteiger partial charge in [0.2, 0.25) is 0 Å². The van der Waals surface area contributed by atoms with E-state index in [4.69, 9.17) is 5.73 Å². The highest BCUT2D eigenvalue weighted by molar-refractivity contribution is 6.08. The van der Waals surface area contributed by atoms with Crippen LogP contribution in [-0.4, -0.2) is 36.3 Å². The highest BCUT2D eigenvalue weighted by Crippen LogP contribution is 2.22. The molecule has 1 aromatic heterocycles. The lowest BCUT2D eigenvalue weighted by Gasteiger charge is -2.18. The van der Waals surface area contributed by atoms with Crippen molar-refractivity contribution >= 4 is 28.8 Å². The van der Waals surface area contributed by atoms with Gasteiger partial charge in [-0.2, -0.15) is 5.10 Å². The first-order valence-electron chi connectivity index (χ1n) is 9.14. The number of nitrogen functional groups attached to an aromatic ring is 1. The molecule has 0 bridgehead atoms. The summed E-state index contributed by atoms with van der Waals surface area (Å²) in [6, 6.07) is 15.2. The van der Waals surface area contributed by atoms with E-state index < -0.39 is 0 Å². The van der Waals surface area contributed by atoms with Gasteiger partial charge in [0, 0.05) is 37.7 Å². The van der Waals surface area contributed by atoms with Crippen LogP contribution in [0.4, 0.5) is 22.9 Å². The molecular weight excluding hydrogens is 352 g/mol. The zero-order valence-corrected chi connectivity index (χ0v) is 16.4. The van der Waals surface area contributed by atoms with Crippen molar-refractivity contribution in [1.29, 1.82) is 0 Å². The van der Waals surface area contributed by atoms with Crippen LogP contribution < -0.4 is 21.3 Å². The Morgan fingerprint density at radius 2 is 1.82 bits per heavy atom. The molecule has 0 aliphatic carbocycles. The molecular formula is C21H26N6O. The Balaban J connectivity index is 1.60. The predicted molar refractivity (Wildman–Crippen MR) is 115 cm³/mol. The fraction of sp³-hybridized carbons (Fsp3) is 0.238. The first kappa shape index (κ1) is 19.3. The van der Waals surface area contributed by atoms with Crippen molar-refractivity contribution < 1.29 is 4.79 Å². The van der Waals surface area contributed by atoms with Crippen molar-refractivity contribution in [2.45, 2.75) is 13.5 Å². The molecule has 0 aliphatic heterocycles. The number of nitrogens with one attached hydrogen (secondary N) is 2. The topological polar surface area (TPSA) is 88.2 Å². The summed E-state index contributed by atoms with van der Waals surface area (Å²) in [5.74, 6) is 0.520. The van der Waals surface area contributed by atoms with E-state index in [1.54, 1.807) is 16.9 Å². The van der Waals surface area contributed by atoms with Crippen LogP contribution in [0.5, 0.6) is 0 Å². The quantitative estimate of drug-likeness (QED) is 0.588. The zero-order chi connectivity index (χ0) is 20.1. The highest BCUT2D eigenvalue weighted by atomic mass is 16.1. The van der Waals surface area contributed by atoms with Gasteiger partial charge in [-0.1, -0.05) is 6.07 Å². The van der Waals surface area contributed by atoms with Crippen LogP contribution in [-0.2, 0) is 6.54 Å². The largest absolute Gasteiger partial charge is 0.384 e. The Hall–Kier alpha value is -3.48. The van der Waals surface area contributed by atoms with Crippen LogP contribution in [0.3, 0.4) is 0 Å².